The molecule has 1 aliphatic rings. The molecule has 242 valence electrons. The van der Waals surface area contributed by atoms with Crippen molar-refractivity contribution in [2.24, 2.45) is 10.5 Å². The second kappa shape index (κ2) is 14.5. The minimum Gasteiger partial charge on any atom is -0.463 e. The molecule has 0 spiro atoms. The van der Waals surface area contributed by atoms with Gasteiger partial charge in [-0.1, -0.05) is 91.0 Å². The third kappa shape index (κ3) is 7.19. The third-order valence-corrected chi connectivity index (χ3v) is 10.8. The van der Waals surface area contributed by atoms with Crippen molar-refractivity contribution in [3.8, 4) is 0 Å². The molecular weight excluding hydrogens is 615 g/mol. The lowest BCUT2D eigenvalue weighted by Gasteiger charge is -2.49. The summed E-state index contributed by atoms with van der Waals surface area (Å²) in [6, 6.07) is 27.4. The summed E-state index contributed by atoms with van der Waals surface area (Å²) < 4.78 is 33.7. The van der Waals surface area contributed by atoms with E-state index in [4.69, 9.17) is 34.2 Å². The van der Waals surface area contributed by atoms with Gasteiger partial charge in [0, 0.05) is 43.6 Å². The van der Waals surface area contributed by atoms with Gasteiger partial charge in [0.25, 0.3) is 11.6 Å². The smallest absolute Gasteiger partial charge is 0.303 e. The Kier molecular flexibility index (Phi) is 10.8. The van der Waals surface area contributed by atoms with Gasteiger partial charge in [-0.3, -0.25) is 24.0 Å². The maximum Gasteiger partial charge on any atom is 0.303 e. The largest absolute Gasteiger partial charge is 0.463 e. The van der Waals surface area contributed by atoms with Gasteiger partial charge in [0.05, 0.1) is 7.05 Å². The lowest BCUT2D eigenvalue weighted by Crippen LogP contribution is -2.71. The topological polar surface area (TPSA) is 170 Å². The summed E-state index contributed by atoms with van der Waals surface area (Å²) in [4.78, 5) is 63.3. The average molecular weight is 651 g/mol. The second-order valence-corrected chi connectivity index (χ2v) is 13.5. The monoisotopic (exact) mass is 650 g/mol. The molecule has 3 aromatic rings. The number of carbonyl (C=O) groups is 5. The summed E-state index contributed by atoms with van der Waals surface area (Å²) in [5.74, 6) is -4.48. The Hall–Kier alpha value is -4.80. The fourth-order valence-electron chi connectivity index (χ4n) is 5.38. The van der Waals surface area contributed by atoms with E-state index in [1.54, 1.807) is 0 Å². The van der Waals surface area contributed by atoms with Crippen molar-refractivity contribution in [2.75, 3.05) is 6.61 Å². The normalized spacial score (nSPS) is 22.5. The highest BCUT2D eigenvalue weighted by atomic mass is 31.2. The molecule has 1 heterocycles. The molecule has 1 fully saturated rings. The van der Waals surface area contributed by atoms with Gasteiger partial charge in [-0.05, 0) is 0 Å². The summed E-state index contributed by atoms with van der Waals surface area (Å²) in [5, 5.41) is 2.04. The number of rotatable bonds is 10. The third-order valence-electron chi connectivity index (χ3n) is 7.09. The first-order valence-electron chi connectivity index (χ1n) is 14.3. The van der Waals surface area contributed by atoms with E-state index in [0.717, 1.165) is 27.7 Å². The standard InChI is InChI=1S/C33H35N2O10P/c1-21(36)41-20-28-29(42-22(2)37)30(43-23(3)38)31(44-24(4)39)33(45-28,32(34)40)35-46(25-14-8-5-9-15-25,26-16-10-6-11-17-26)27-18-12-7-13-19-27/h5-19,28-31H,20H2,1-4H3,(H2,34,40)/t28-,29+,30+,31-,33-/m1/s1. The van der Waals surface area contributed by atoms with Crippen molar-refractivity contribution in [2.45, 2.75) is 57.8 Å². The zero-order chi connectivity index (χ0) is 33.5. The Morgan fingerprint density at radius 2 is 1.09 bits per heavy atom. The van der Waals surface area contributed by atoms with Gasteiger partial charge in [-0.25, -0.2) is 4.74 Å². The Morgan fingerprint density at radius 3 is 1.46 bits per heavy atom. The van der Waals surface area contributed by atoms with Crippen molar-refractivity contribution in [1.29, 1.82) is 0 Å². The fourth-order valence-corrected chi connectivity index (χ4v) is 9.14. The van der Waals surface area contributed by atoms with Crippen LogP contribution in [0.2, 0.25) is 0 Å². The van der Waals surface area contributed by atoms with Crippen molar-refractivity contribution in [1.82, 2.24) is 0 Å². The second-order valence-electron chi connectivity index (χ2n) is 10.4. The fraction of sp³-hybridized carbons (Fsp3) is 0.303. The molecule has 3 aromatic carbocycles. The molecule has 46 heavy (non-hydrogen) atoms. The first-order valence-corrected chi connectivity index (χ1v) is 16.1. The van der Waals surface area contributed by atoms with Crippen molar-refractivity contribution in [3.05, 3.63) is 91.0 Å². The molecule has 5 atom stereocenters. The maximum atomic E-state index is 14.0. The predicted octanol–water partition coefficient (Wildman–Crippen LogP) is 2.10. The van der Waals surface area contributed by atoms with Crippen LogP contribution < -0.4 is 21.6 Å². The first-order chi connectivity index (χ1) is 21.9. The van der Waals surface area contributed by atoms with E-state index < -0.39 is 73.6 Å². The Labute approximate surface area is 266 Å². The number of hydrogen-bond acceptors (Lipinski definition) is 11. The summed E-state index contributed by atoms with van der Waals surface area (Å²) in [6.07, 6.45) is -6.48. The van der Waals surface area contributed by atoms with Crippen LogP contribution in [0.1, 0.15) is 27.7 Å². The number of benzene rings is 3. The van der Waals surface area contributed by atoms with Gasteiger partial charge in [0.15, 0.2) is 12.2 Å². The molecule has 0 aliphatic carbocycles. The Balaban J connectivity index is 2.19. The summed E-state index contributed by atoms with van der Waals surface area (Å²) in [5.41, 5.74) is 3.60. The molecule has 0 unspecified atom stereocenters. The van der Waals surface area contributed by atoms with Crippen LogP contribution in [-0.2, 0) is 47.7 Å². The van der Waals surface area contributed by atoms with E-state index in [0.29, 0.717) is 15.9 Å². The van der Waals surface area contributed by atoms with Crippen molar-refractivity contribution >= 4 is 52.8 Å². The first kappa shape index (κ1) is 34.1. The number of nitrogens with two attached hydrogens (primary N) is 1. The molecule has 1 saturated heterocycles. The molecule has 1 amide bonds. The number of hydrogen-bond donors (Lipinski definition) is 1. The van der Waals surface area contributed by atoms with E-state index in [9.17, 15) is 24.0 Å². The van der Waals surface area contributed by atoms with E-state index in [-0.39, 0.29) is 0 Å². The predicted molar refractivity (Wildman–Crippen MR) is 168 cm³/mol. The Morgan fingerprint density at radius 1 is 0.674 bits per heavy atom. The number of amides is 1. The molecule has 4 rings (SSSR count). The van der Waals surface area contributed by atoms with Crippen LogP contribution >= 0.6 is 7.05 Å². The van der Waals surface area contributed by atoms with Crippen LogP contribution in [0.25, 0.3) is 0 Å². The number of nitrogens with zero attached hydrogens (tertiary/aromatic N) is 1. The molecule has 0 saturated carbocycles. The summed E-state index contributed by atoms with van der Waals surface area (Å²) in [7, 11) is -3.34. The van der Waals surface area contributed by atoms with Gasteiger partial charge in [-0.15, -0.1) is 0 Å². The number of primary amides is 1. The highest BCUT2D eigenvalue weighted by molar-refractivity contribution is 7.87. The maximum absolute atomic E-state index is 14.0. The van der Waals surface area contributed by atoms with Crippen LogP contribution in [0.5, 0.6) is 0 Å². The Bertz CT molecular complexity index is 1530. The van der Waals surface area contributed by atoms with Gasteiger partial charge in [-0.2, -0.15) is 0 Å². The average Bonchev–Trinajstić information content (AvgIpc) is 3.02. The van der Waals surface area contributed by atoms with E-state index in [1.807, 2.05) is 91.0 Å². The SMILES string of the molecule is CC(=O)OC[C@H]1O[C@@](N=P(c2ccccc2)(c2ccccc2)c2ccccc2)(C(N)=O)[C@H](OC(C)=O)[C@@H](OC(C)=O)[C@H]1OC(C)=O. The van der Waals surface area contributed by atoms with Gasteiger partial charge in [0.1, 0.15) is 12.7 Å². The van der Waals surface area contributed by atoms with Crippen LogP contribution in [0.3, 0.4) is 0 Å². The molecular formula is C33H35N2O10P. The molecule has 0 aromatic heterocycles. The van der Waals surface area contributed by atoms with Gasteiger partial charge in [0.2, 0.25) is 6.10 Å². The highest BCUT2D eigenvalue weighted by Gasteiger charge is 2.64. The molecule has 2 N–H and O–H groups in total. The van der Waals surface area contributed by atoms with Crippen LogP contribution in [0.4, 0.5) is 0 Å². The van der Waals surface area contributed by atoms with E-state index >= 15 is 0 Å². The molecule has 0 bridgehead atoms. The summed E-state index contributed by atoms with van der Waals surface area (Å²) in [6.45, 7) is 3.86. The highest BCUT2D eigenvalue weighted by Crippen LogP contribution is 2.52. The number of esters is 4. The zero-order valence-corrected chi connectivity index (χ0v) is 26.6. The van der Waals surface area contributed by atoms with E-state index in [1.165, 1.54) is 0 Å². The quantitative estimate of drug-likeness (QED) is 0.195. The minimum atomic E-state index is -3.34. The molecule has 13 heteroatoms. The lowest BCUT2D eigenvalue weighted by molar-refractivity contribution is -0.275. The van der Waals surface area contributed by atoms with Crippen LogP contribution in [0, 0.1) is 0 Å². The molecule has 1 aliphatic heterocycles. The van der Waals surface area contributed by atoms with Crippen molar-refractivity contribution < 1.29 is 47.7 Å². The minimum absolute atomic E-state index is 0.560. The van der Waals surface area contributed by atoms with E-state index in [2.05, 4.69) is 0 Å². The number of ether oxygens (including phenoxy) is 5. The van der Waals surface area contributed by atoms with Gasteiger partial charge >= 0.3 is 23.9 Å². The lowest BCUT2D eigenvalue weighted by atomic mass is 9.89. The number of carbonyl (C=O) groups excluding carboxylic acids is 5. The molecule has 12 nitrogen and oxygen atoms in total. The summed E-state index contributed by atoms with van der Waals surface area (Å²) >= 11 is 0. The molecule has 0 radical (unpaired) electrons. The van der Waals surface area contributed by atoms with Crippen molar-refractivity contribution in [3.63, 3.8) is 0 Å². The van der Waals surface area contributed by atoms with Crippen LogP contribution in [0.15, 0.2) is 95.7 Å². The van der Waals surface area contributed by atoms with Gasteiger partial charge < -0.3 is 29.4 Å². The zero-order valence-electron chi connectivity index (χ0n) is 25.7. The van der Waals surface area contributed by atoms with Crippen LogP contribution in [-0.4, -0.2) is 66.5 Å².